The standard InChI is InChI=1S/C14H22N4S/c1-4-8-18-12(10-16-17-18)13(15-6-3)14-11(5-2)7-9-19-14/h7,9-10,13,15H,4-6,8H2,1-3H3. The van der Waals surface area contributed by atoms with Gasteiger partial charge in [0.05, 0.1) is 17.9 Å². The fraction of sp³-hybridized carbons (Fsp3) is 0.571. The minimum atomic E-state index is 0.210. The molecular weight excluding hydrogens is 256 g/mol. The Kier molecular flexibility index (Phi) is 5.10. The van der Waals surface area contributed by atoms with Gasteiger partial charge in [-0.15, -0.1) is 16.4 Å². The number of rotatable bonds is 7. The van der Waals surface area contributed by atoms with Crippen LogP contribution in [-0.2, 0) is 13.0 Å². The van der Waals surface area contributed by atoms with E-state index in [-0.39, 0.29) is 6.04 Å². The van der Waals surface area contributed by atoms with Crippen LogP contribution in [0.2, 0.25) is 0 Å². The first-order valence-corrected chi connectivity index (χ1v) is 7.87. The van der Waals surface area contributed by atoms with Gasteiger partial charge in [-0.05, 0) is 36.4 Å². The third-order valence-corrected chi connectivity index (χ3v) is 4.23. The Morgan fingerprint density at radius 3 is 2.89 bits per heavy atom. The van der Waals surface area contributed by atoms with Crippen molar-refractivity contribution in [1.29, 1.82) is 0 Å². The highest BCUT2D eigenvalue weighted by atomic mass is 32.1. The first-order valence-electron chi connectivity index (χ1n) is 6.99. The molecule has 0 aromatic carbocycles. The Labute approximate surface area is 118 Å². The van der Waals surface area contributed by atoms with Crippen molar-refractivity contribution in [1.82, 2.24) is 20.3 Å². The number of aryl methyl sites for hydroxylation is 2. The van der Waals surface area contributed by atoms with Crippen LogP contribution in [0.1, 0.15) is 49.4 Å². The second-order valence-corrected chi connectivity index (χ2v) is 5.48. The molecule has 2 heterocycles. The first-order chi connectivity index (χ1) is 9.31. The summed E-state index contributed by atoms with van der Waals surface area (Å²) < 4.78 is 2.02. The van der Waals surface area contributed by atoms with Crippen molar-refractivity contribution in [3.05, 3.63) is 33.8 Å². The van der Waals surface area contributed by atoms with E-state index in [9.17, 15) is 0 Å². The van der Waals surface area contributed by atoms with Gasteiger partial charge in [-0.3, -0.25) is 0 Å². The van der Waals surface area contributed by atoms with Crippen LogP contribution in [0.5, 0.6) is 0 Å². The average Bonchev–Trinajstić information content (AvgIpc) is 3.05. The van der Waals surface area contributed by atoms with Crippen molar-refractivity contribution in [2.45, 2.75) is 46.2 Å². The summed E-state index contributed by atoms with van der Waals surface area (Å²) in [5.41, 5.74) is 2.58. The zero-order chi connectivity index (χ0) is 13.7. The summed E-state index contributed by atoms with van der Waals surface area (Å²) in [5, 5.41) is 14.0. The largest absolute Gasteiger partial charge is 0.305 e. The van der Waals surface area contributed by atoms with Gasteiger partial charge in [0, 0.05) is 11.4 Å². The van der Waals surface area contributed by atoms with E-state index in [0.29, 0.717) is 0 Å². The van der Waals surface area contributed by atoms with Crippen LogP contribution in [0, 0.1) is 0 Å². The summed E-state index contributed by atoms with van der Waals surface area (Å²) >= 11 is 1.82. The maximum atomic E-state index is 4.21. The molecule has 104 valence electrons. The lowest BCUT2D eigenvalue weighted by atomic mass is 10.1. The van der Waals surface area contributed by atoms with E-state index >= 15 is 0 Å². The zero-order valence-corrected chi connectivity index (χ0v) is 12.7. The van der Waals surface area contributed by atoms with Crippen molar-refractivity contribution < 1.29 is 0 Å². The molecule has 0 saturated carbocycles. The second kappa shape index (κ2) is 6.82. The highest BCUT2D eigenvalue weighted by Crippen LogP contribution is 2.29. The minimum absolute atomic E-state index is 0.210. The normalized spacial score (nSPS) is 12.8. The number of thiophene rings is 1. The smallest absolute Gasteiger partial charge is 0.0861 e. The molecule has 5 heteroatoms. The van der Waals surface area contributed by atoms with Gasteiger partial charge < -0.3 is 5.32 Å². The van der Waals surface area contributed by atoms with Gasteiger partial charge in [-0.25, -0.2) is 4.68 Å². The monoisotopic (exact) mass is 278 g/mol. The van der Waals surface area contributed by atoms with Crippen LogP contribution < -0.4 is 5.32 Å². The third-order valence-electron chi connectivity index (χ3n) is 3.21. The number of nitrogens with one attached hydrogen (secondary N) is 1. The highest BCUT2D eigenvalue weighted by Gasteiger charge is 2.21. The number of aromatic nitrogens is 3. The Morgan fingerprint density at radius 2 is 2.21 bits per heavy atom. The van der Waals surface area contributed by atoms with Gasteiger partial charge in [0.1, 0.15) is 0 Å². The first kappa shape index (κ1) is 14.2. The molecule has 1 atom stereocenters. The summed E-state index contributed by atoms with van der Waals surface area (Å²) in [7, 11) is 0. The van der Waals surface area contributed by atoms with Gasteiger partial charge >= 0.3 is 0 Å². The zero-order valence-electron chi connectivity index (χ0n) is 11.9. The Hall–Kier alpha value is -1.20. The van der Waals surface area contributed by atoms with Gasteiger partial charge in [-0.2, -0.15) is 0 Å². The lowest BCUT2D eigenvalue weighted by Gasteiger charge is -2.19. The summed E-state index contributed by atoms with van der Waals surface area (Å²) in [6.07, 6.45) is 4.03. The Morgan fingerprint density at radius 1 is 1.37 bits per heavy atom. The quantitative estimate of drug-likeness (QED) is 0.846. The maximum absolute atomic E-state index is 4.21. The molecule has 1 unspecified atom stereocenters. The van der Waals surface area contributed by atoms with E-state index in [1.165, 1.54) is 16.1 Å². The molecule has 0 aliphatic rings. The lowest BCUT2D eigenvalue weighted by molar-refractivity contribution is 0.513. The molecule has 0 aliphatic carbocycles. The molecule has 0 spiro atoms. The van der Waals surface area contributed by atoms with Crippen molar-refractivity contribution in [3.8, 4) is 0 Å². The fourth-order valence-corrected chi connectivity index (χ4v) is 3.39. The summed E-state index contributed by atoms with van der Waals surface area (Å²) in [6.45, 7) is 8.36. The van der Waals surface area contributed by atoms with Crippen molar-refractivity contribution in [2.75, 3.05) is 6.54 Å². The fourth-order valence-electron chi connectivity index (χ4n) is 2.30. The van der Waals surface area contributed by atoms with Gasteiger partial charge in [0.25, 0.3) is 0 Å². The van der Waals surface area contributed by atoms with Gasteiger partial charge in [0.15, 0.2) is 0 Å². The average molecular weight is 278 g/mol. The second-order valence-electron chi connectivity index (χ2n) is 4.54. The molecular formula is C14H22N4S. The van der Waals surface area contributed by atoms with E-state index in [4.69, 9.17) is 0 Å². The highest BCUT2D eigenvalue weighted by molar-refractivity contribution is 7.10. The van der Waals surface area contributed by atoms with Crippen LogP contribution in [-0.4, -0.2) is 21.5 Å². The van der Waals surface area contributed by atoms with E-state index in [2.05, 4.69) is 47.8 Å². The van der Waals surface area contributed by atoms with E-state index in [1.807, 2.05) is 22.2 Å². The molecule has 2 rings (SSSR count). The van der Waals surface area contributed by atoms with Crippen LogP contribution in [0.25, 0.3) is 0 Å². The maximum Gasteiger partial charge on any atom is 0.0861 e. The molecule has 0 bridgehead atoms. The predicted molar refractivity (Wildman–Crippen MR) is 79.5 cm³/mol. The molecule has 0 radical (unpaired) electrons. The van der Waals surface area contributed by atoms with Crippen LogP contribution in [0.4, 0.5) is 0 Å². The molecule has 0 fully saturated rings. The summed E-state index contributed by atoms with van der Waals surface area (Å²) in [5.74, 6) is 0. The predicted octanol–water partition coefficient (Wildman–Crippen LogP) is 3.01. The number of hydrogen-bond acceptors (Lipinski definition) is 4. The van der Waals surface area contributed by atoms with Gasteiger partial charge in [-0.1, -0.05) is 26.0 Å². The molecule has 0 aliphatic heterocycles. The number of nitrogens with zero attached hydrogens (tertiary/aromatic N) is 3. The molecule has 1 N–H and O–H groups in total. The van der Waals surface area contributed by atoms with Crippen molar-refractivity contribution in [2.24, 2.45) is 0 Å². The van der Waals surface area contributed by atoms with Crippen LogP contribution >= 0.6 is 11.3 Å². The Balaban J connectivity index is 2.36. The van der Waals surface area contributed by atoms with Gasteiger partial charge in [0.2, 0.25) is 0 Å². The number of hydrogen-bond donors (Lipinski definition) is 1. The van der Waals surface area contributed by atoms with Crippen molar-refractivity contribution in [3.63, 3.8) is 0 Å². The topological polar surface area (TPSA) is 42.7 Å². The third kappa shape index (κ3) is 3.04. The van der Waals surface area contributed by atoms with Crippen LogP contribution in [0.15, 0.2) is 17.6 Å². The molecule has 2 aromatic heterocycles. The molecule has 19 heavy (non-hydrogen) atoms. The molecule has 0 amide bonds. The van der Waals surface area contributed by atoms with E-state index in [0.717, 1.165) is 25.9 Å². The van der Waals surface area contributed by atoms with E-state index < -0.39 is 0 Å². The minimum Gasteiger partial charge on any atom is -0.305 e. The van der Waals surface area contributed by atoms with E-state index in [1.54, 1.807) is 0 Å². The molecule has 2 aromatic rings. The summed E-state index contributed by atoms with van der Waals surface area (Å²) in [4.78, 5) is 1.39. The Bertz CT molecular complexity index is 503. The lowest BCUT2D eigenvalue weighted by Crippen LogP contribution is -2.25. The molecule has 4 nitrogen and oxygen atoms in total. The van der Waals surface area contributed by atoms with Crippen molar-refractivity contribution >= 4 is 11.3 Å². The SMILES string of the molecule is CCCn1nncc1C(NCC)c1sccc1CC. The van der Waals surface area contributed by atoms with Crippen LogP contribution in [0.3, 0.4) is 0 Å². The summed E-state index contributed by atoms with van der Waals surface area (Å²) in [6, 6.07) is 2.43. The molecule has 0 saturated heterocycles.